The number of pyridine rings is 1. The summed E-state index contributed by atoms with van der Waals surface area (Å²) in [6, 6.07) is 5.73. The number of nitrogens with two attached hydrogens (primary N) is 1. The fourth-order valence-corrected chi connectivity index (χ4v) is 5.96. The molecule has 1 unspecified atom stereocenters. The largest absolute Gasteiger partial charge is 0.368 e. The quantitative estimate of drug-likeness (QED) is 0.522. The van der Waals surface area contributed by atoms with Gasteiger partial charge in [0.25, 0.3) is 0 Å². The van der Waals surface area contributed by atoms with Gasteiger partial charge in [-0.1, -0.05) is 19.3 Å². The number of hydrogen-bond acceptors (Lipinski definition) is 5. The molecular formula is C28H34F2N4O3. The SMILES string of the molecule is CNC(C)(C(N)=O)[C@@H](C(=O)N1CCC[C@H]1c1ccnc(C(=O)c2ccc(F)cc2)c1F)C1CCCCC1. The zero-order chi connectivity index (χ0) is 26.7. The molecule has 1 aliphatic heterocycles. The Balaban J connectivity index is 1.68. The van der Waals surface area contributed by atoms with Crippen LogP contribution in [0.3, 0.4) is 0 Å². The molecule has 2 amide bonds. The van der Waals surface area contributed by atoms with E-state index in [2.05, 4.69) is 10.3 Å². The zero-order valence-electron chi connectivity index (χ0n) is 21.3. The summed E-state index contributed by atoms with van der Waals surface area (Å²) in [5.74, 6) is -3.50. The van der Waals surface area contributed by atoms with Crippen LogP contribution in [-0.2, 0) is 9.59 Å². The van der Waals surface area contributed by atoms with Gasteiger partial charge in [-0.2, -0.15) is 0 Å². The minimum atomic E-state index is -1.26. The average molecular weight is 513 g/mol. The van der Waals surface area contributed by atoms with E-state index >= 15 is 4.39 Å². The first-order valence-electron chi connectivity index (χ1n) is 12.9. The van der Waals surface area contributed by atoms with E-state index in [0.717, 1.165) is 44.2 Å². The van der Waals surface area contributed by atoms with Crippen molar-refractivity contribution >= 4 is 17.6 Å². The summed E-state index contributed by atoms with van der Waals surface area (Å²) in [4.78, 5) is 45.3. The van der Waals surface area contributed by atoms with Gasteiger partial charge < -0.3 is 16.0 Å². The molecule has 198 valence electrons. The number of primary amides is 1. The maximum absolute atomic E-state index is 15.8. The van der Waals surface area contributed by atoms with Crippen LogP contribution in [0, 0.1) is 23.5 Å². The van der Waals surface area contributed by atoms with E-state index in [4.69, 9.17) is 5.73 Å². The molecule has 1 saturated heterocycles. The highest BCUT2D eigenvalue weighted by atomic mass is 19.1. The summed E-state index contributed by atoms with van der Waals surface area (Å²) in [5, 5.41) is 3.01. The van der Waals surface area contributed by atoms with E-state index in [0.29, 0.717) is 19.4 Å². The molecule has 9 heteroatoms. The maximum Gasteiger partial charge on any atom is 0.238 e. The minimum Gasteiger partial charge on any atom is -0.368 e. The Labute approximate surface area is 215 Å². The number of nitrogens with zero attached hydrogens (tertiary/aromatic N) is 2. The van der Waals surface area contributed by atoms with Crippen molar-refractivity contribution in [2.24, 2.45) is 17.6 Å². The molecule has 7 nitrogen and oxygen atoms in total. The molecule has 0 bridgehead atoms. The first kappa shape index (κ1) is 26.9. The van der Waals surface area contributed by atoms with Gasteiger partial charge in [-0.25, -0.2) is 13.8 Å². The molecule has 1 aromatic carbocycles. The van der Waals surface area contributed by atoms with Crippen molar-refractivity contribution in [3.05, 3.63) is 65.0 Å². The second-order valence-corrected chi connectivity index (χ2v) is 10.3. The number of carbonyl (C=O) groups excluding carboxylic acids is 3. The normalized spacial score (nSPS) is 20.9. The number of aromatic nitrogens is 1. The predicted molar refractivity (Wildman–Crippen MR) is 134 cm³/mol. The molecule has 37 heavy (non-hydrogen) atoms. The van der Waals surface area contributed by atoms with E-state index in [9.17, 15) is 18.8 Å². The Morgan fingerprint density at radius 1 is 1.05 bits per heavy atom. The number of rotatable bonds is 8. The summed E-state index contributed by atoms with van der Waals surface area (Å²) >= 11 is 0. The molecule has 1 aliphatic carbocycles. The Hall–Kier alpha value is -3.20. The van der Waals surface area contributed by atoms with Crippen LogP contribution < -0.4 is 11.1 Å². The highest BCUT2D eigenvalue weighted by Crippen LogP contribution is 2.41. The van der Waals surface area contributed by atoms with Crippen LogP contribution >= 0.6 is 0 Å². The number of hydrogen-bond donors (Lipinski definition) is 2. The summed E-state index contributed by atoms with van der Waals surface area (Å²) in [6.07, 6.45) is 7.21. The molecule has 3 atom stereocenters. The molecule has 2 fully saturated rings. The van der Waals surface area contributed by atoms with Crippen molar-refractivity contribution in [2.75, 3.05) is 13.6 Å². The van der Waals surface area contributed by atoms with Crippen molar-refractivity contribution in [2.45, 2.75) is 63.5 Å². The van der Waals surface area contributed by atoms with Gasteiger partial charge in [0.15, 0.2) is 5.82 Å². The van der Waals surface area contributed by atoms with Gasteiger partial charge in [0.2, 0.25) is 17.6 Å². The summed E-state index contributed by atoms with van der Waals surface area (Å²) in [5.41, 5.74) is 4.51. The fraction of sp³-hybridized carbons (Fsp3) is 0.500. The zero-order valence-corrected chi connectivity index (χ0v) is 21.3. The third-order valence-corrected chi connectivity index (χ3v) is 8.18. The van der Waals surface area contributed by atoms with Crippen molar-refractivity contribution in [3.8, 4) is 0 Å². The van der Waals surface area contributed by atoms with E-state index in [1.165, 1.54) is 24.4 Å². The smallest absolute Gasteiger partial charge is 0.238 e. The number of carbonyl (C=O) groups is 3. The van der Waals surface area contributed by atoms with Crippen molar-refractivity contribution < 1.29 is 23.2 Å². The van der Waals surface area contributed by atoms with Crippen LogP contribution in [0.25, 0.3) is 0 Å². The number of nitrogens with one attached hydrogen (secondary N) is 1. The Bertz CT molecular complexity index is 1170. The lowest BCUT2D eigenvalue weighted by molar-refractivity contribution is -0.147. The van der Waals surface area contributed by atoms with Crippen LogP contribution in [0.4, 0.5) is 8.78 Å². The van der Waals surface area contributed by atoms with Crippen LogP contribution in [-0.4, -0.2) is 46.6 Å². The van der Waals surface area contributed by atoms with Gasteiger partial charge in [0, 0.05) is 23.9 Å². The molecular weight excluding hydrogens is 478 g/mol. The first-order chi connectivity index (χ1) is 17.7. The number of ketones is 1. The van der Waals surface area contributed by atoms with Gasteiger partial charge in [0.05, 0.1) is 12.0 Å². The van der Waals surface area contributed by atoms with E-state index in [1.807, 2.05) is 0 Å². The van der Waals surface area contributed by atoms with Gasteiger partial charge in [-0.05, 0) is 75.9 Å². The lowest BCUT2D eigenvalue weighted by Gasteiger charge is -2.43. The number of amides is 2. The van der Waals surface area contributed by atoms with Crippen molar-refractivity contribution in [1.82, 2.24) is 15.2 Å². The summed E-state index contributed by atoms with van der Waals surface area (Å²) in [6.45, 7) is 2.08. The Morgan fingerprint density at radius 2 is 1.73 bits per heavy atom. The predicted octanol–water partition coefficient (Wildman–Crippen LogP) is 3.91. The van der Waals surface area contributed by atoms with Crippen LogP contribution in [0.5, 0.6) is 0 Å². The van der Waals surface area contributed by atoms with Crippen molar-refractivity contribution in [3.63, 3.8) is 0 Å². The molecule has 0 spiro atoms. The Morgan fingerprint density at radius 3 is 2.35 bits per heavy atom. The molecule has 1 saturated carbocycles. The minimum absolute atomic E-state index is 0.0228. The molecule has 2 aromatic rings. The summed E-state index contributed by atoms with van der Waals surface area (Å²) in [7, 11) is 1.63. The van der Waals surface area contributed by atoms with Gasteiger partial charge >= 0.3 is 0 Å². The second kappa shape index (κ2) is 11.0. The maximum atomic E-state index is 15.8. The third-order valence-electron chi connectivity index (χ3n) is 8.18. The first-order valence-corrected chi connectivity index (χ1v) is 12.9. The second-order valence-electron chi connectivity index (χ2n) is 10.3. The molecule has 4 rings (SSSR count). The molecule has 3 N–H and O–H groups in total. The fourth-order valence-electron chi connectivity index (χ4n) is 5.96. The van der Waals surface area contributed by atoms with Gasteiger partial charge in [-0.3, -0.25) is 14.4 Å². The van der Waals surface area contributed by atoms with E-state index in [1.54, 1.807) is 18.9 Å². The third kappa shape index (κ3) is 5.14. The Kier molecular flexibility index (Phi) is 8.02. The van der Waals surface area contributed by atoms with Crippen LogP contribution in [0.15, 0.2) is 36.5 Å². The topological polar surface area (TPSA) is 105 Å². The molecule has 1 aromatic heterocycles. The van der Waals surface area contributed by atoms with Crippen LogP contribution in [0.1, 0.15) is 79.5 Å². The van der Waals surface area contributed by atoms with E-state index < -0.39 is 40.8 Å². The number of likely N-dealkylation sites (tertiary alicyclic amines) is 1. The lowest BCUT2D eigenvalue weighted by Crippen LogP contribution is -2.63. The number of halogens is 2. The molecule has 2 aliphatic rings. The number of benzene rings is 1. The van der Waals surface area contributed by atoms with Crippen molar-refractivity contribution in [1.29, 1.82) is 0 Å². The highest BCUT2D eigenvalue weighted by molar-refractivity contribution is 6.08. The highest BCUT2D eigenvalue weighted by Gasteiger charge is 2.50. The van der Waals surface area contributed by atoms with Crippen LogP contribution in [0.2, 0.25) is 0 Å². The van der Waals surface area contributed by atoms with E-state index in [-0.39, 0.29) is 28.6 Å². The van der Waals surface area contributed by atoms with Gasteiger partial charge in [0.1, 0.15) is 17.1 Å². The number of likely N-dealkylation sites (N-methyl/N-ethyl adjacent to an activating group) is 1. The monoisotopic (exact) mass is 512 g/mol. The standard InChI is InChI=1S/C28H34F2N4O3/c1-28(32-2,27(31)37)22(17-7-4-3-5-8-17)26(36)34-16-6-9-21(34)20-14-15-33-24(23(20)30)25(35)18-10-12-19(29)13-11-18/h10-15,17,21-22,32H,3-9,16H2,1-2H3,(H2,31,37)/t21-,22+,28?/m0/s1. The molecule has 2 heterocycles. The molecule has 0 radical (unpaired) electrons. The summed E-state index contributed by atoms with van der Waals surface area (Å²) < 4.78 is 29.1. The van der Waals surface area contributed by atoms with Gasteiger partial charge in [-0.15, -0.1) is 0 Å². The average Bonchev–Trinajstić information content (AvgIpc) is 3.39. The lowest BCUT2D eigenvalue weighted by atomic mass is 9.69.